The minimum atomic E-state index is -0.231. The molecule has 25 heavy (non-hydrogen) atoms. The highest BCUT2D eigenvalue weighted by atomic mass is 79.9. The van der Waals surface area contributed by atoms with Gasteiger partial charge in [0.2, 0.25) is 5.91 Å². The molecule has 3 aromatic rings. The standard InChI is InChI=1S/C19H18BrN3O2/c1-12(14-7-3-5-9-16(14)20)21-18(24)11-23-13(2)22-17-10-6-4-8-15(17)19(23)25/h3-10,12H,11H2,1-2H3,(H,21,24)/t12-/m0/s1. The van der Waals surface area contributed by atoms with Crippen LogP contribution in [0.5, 0.6) is 0 Å². The van der Waals surface area contributed by atoms with Crippen LogP contribution in [0.15, 0.2) is 57.8 Å². The number of hydrogen-bond acceptors (Lipinski definition) is 3. The van der Waals surface area contributed by atoms with E-state index in [0.29, 0.717) is 16.7 Å². The predicted molar refractivity (Wildman–Crippen MR) is 101 cm³/mol. The van der Waals surface area contributed by atoms with Gasteiger partial charge in [-0.05, 0) is 37.6 Å². The molecule has 0 radical (unpaired) electrons. The summed E-state index contributed by atoms with van der Waals surface area (Å²) in [6.07, 6.45) is 0. The molecule has 2 aromatic carbocycles. The second-order valence-electron chi connectivity index (χ2n) is 5.88. The van der Waals surface area contributed by atoms with E-state index in [-0.39, 0.29) is 24.1 Å². The van der Waals surface area contributed by atoms with Crippen molar-refractivity contribution in [2.24, 2.45) is 0 Å². The van der Waals surface area contributed by atoms with Crippen molar-refractivity contribution in [3.63, 3.8) is 0 Å². The Morgan fingerprint density at radius 2 is 1.88 bits per heavy atom. The number of carbonyl (C=O) groups is 1. The molecule has 1 amide bonds. The lowest BCUT2D eigenvalue weighted by Gasteiger charge is -2.17. The van der Waals surface area contributed by atoms with Gasteiger partial charge in [-0.15, -0.1) is 0 Å². The Labute approximate surface area is 153 Å². The van der Waals surface area contributed by atoms with Crippen molar-refractivity contribution in [2.75, 3.05) is 0 Å². The first-order chi connectivity index (χ1) is 12.0. The van der Waals surface area contributed by atoms with Gasteiger partial charge >= 0.3 is 0 Å². The van der Waals surface area contributed by atoms with Gasteiger partial charge in [0.15, 0.2) is 0 Å². The van der Waals surface area contributed by atoms with E-state index in [1.165, 1.54) is 4.57 Å². The molecule has 0 spiro atoms. The molecule has 0 bridgehead atoms. The second-order valence-corrected chi connectivity index (χ2v) is 6.73. The van der Waals surface area contributed by atoms with Crippen molar-refractivity contribution in [3.05, 3.63) is 74.7 Å². The Balaban J connectivity index is 1.83. The molecule has 0 fully saturated rings. The monoisotopic (exact) mass is 399 g/mol. The highest BCUT2D eigenvalue weighted by Gasteiger charge is 2.15. The van der Waals surface area contributed by atoms with E-state index in [4.69, 9.17) is 0 Å². The number of nitrogens with zero attached hydrogens (tertiary/aromatic N) is 2. The molecule has 5 nitrogen and oxygen atoms in total. The lowest BCUT2D eigenvalue weighted by molar-refractivity contribution is -0.122. The quantitative estimate of drug-likeness (QED) is 0.731. The number of carbonyl (C=O) groups excluding carboxylic acids is 1. The molecule has 128 valence electrons. The summed E-state index contributed by atoms with van der Waals surface area (Å²) in [5, 5.41) is 3.45. The molecule has 0 aliphatic rings. The van der Waals surface area contributed by atoms with Gasteiger partial charge in [0.25, 0.3) is 5.56 Å². The van der Waals surface area contributed by atoms with Gasteiger partial charge in [-0.3, -0.25) is 14.2 Å². The maximum absolute atomic E-state index is 12.6. The fourth-order valence-corrected chi connectivity index (χ4v) is 3.43. The van der Waals surface area contributed by atoms with Gasteiger partial charge in [-0.25, -0.2) is 4.98 Å². The average Bonchev–Trinajstić information content (AvgIpc) is 2.59. The SMILES string of the molecule is Cc1nc2ccccc2c(=O)n1CC(=O)N[C@@H](C)c1ccccc1Br. The molecular formula is C19H18BrN3O2. The number of hydrogen-bond donors (Lipinski definition) is 1. The Hall–Kier alpha value is -2.47. The fraction of sp³-hybridized carbons (Fsp3) is 0.211. The van der Waals surface area contributed by atoms with E-state index in [1.807, 2.05) is 37.3 Å². The summed E-state index contributed by atoms with van der Waals surface area (Å²) >= 11 is 3.49. The van der Waals surface area contributed by atoms with E-state index in [0.717, 1.165) is 10.0 Å². The van der Waals surface area contributed by atoms with Crippen molar-refractivity contribution in [1.29, 1.82) is 0 Å². The summed E-state index contributed by atoms with van der Waals surface area (Å²) in [7, 11) is 0. The number of aryl methyl sites for hydroxylation is 1. The summed E-state index contributed by atoms with van der Waals surface area (Å²) in [6.45, 7) is 3.59. The number of rotatable bonds is 4. The van der Waals surface area contributed by atoms with E-state index >= 15 is 0 Å². The minimum absolute atomic E-state index is 0.0582. The van der Waals surface area contributed by atoms with Crippen LogP contribution < -0.4 is 10.9 Å². The summed E-state index contributed by atoms with van der Waals surface area (Å²) in [6, 6.07) is 14.7. The van der Waals surface area contributed by atoms with Crippen molar-refractivity contribution in [3.8, 4) is 0 Å². The highest BCUT2D eigenvalue weighted by molar-refractivity contribution is 9.10. The van der Waals surface area contributed by atoms with Gasteiger partial charge in [0, 0.05) is 4.47 Å². The summed E-state index contributed by atoms with van der Waals surface area (Å²) in [4.78, 5) is 29.5. The Morgan fingerprint density at radius 1 is 1.20 bits per heavy atom. The smallest absolute Gasteiger partial charge is 0.261 e. The van der Waals surface area contributed by atoms with Crippen molar-refractivity contribution in [2.45, 2.75) is 26.4 Å². The minimum Gasteiger partial charge on any atom is -0.348 e. The Morgan fingerprint density at radius 3 is 2.64 bits per heavy atom. The lowest BCUT2D eigenvalue weighted by Crippen LogP contribution is -2.35. The molecule has 1 N–H and O–H groups in total. The third kappa shape index (κ3) is 3.64. The van der Waals surface area contributed by atoms with Crippen LogP contribution in [0.4, 0.5) is 0 Å². The Bertz CT molecular complexity index is 997. The number of nitrogens with one attached hydrogen (secondary N) is 1. The van der Waals surface area contributed by atoms with Gasteiger partial charge in [-0.1, -0.05) is 46.3 Å². The van der Waals surface area contributed by atoms with Gasteiger partial charge in [0.1, 0.15) is 12.4 Å². The van der Waals surface area contributed by atoms with Crippen LogP contribution in [0.25, 0.3) is 10.9 Å². The molecule has 1 heterocycles. The topological polar surface area (TPSA) is 64.0 Å². The van der Waals surface area contributed by atoms with Crippen molar-refractivity contribution in [1.82, 2.24) is 14.9 Å². The van der Waals surface area contributed by atoms with Crippen LogP contribution in [-0.2, 0) is 11.3 Å². The zero-order valence-electron chi connectivity index (χ0n) is 14.0. The first kappa shape index (κ1) is 17.4. The van der Waals surface area contributed by atoms with Crippen LogP contribution in [-0.4, -0.2) is 15.5 Å². The number of amides is 1. The van der Waals surface area contributed by atoms with E-state index < -0.39 is 0 Å². The zero-order chi connectivity index (χ0) is 18.0. The van der Waals surface area contributed by atoms with Crippen LogP contribution in [0.1, 0.15) is 24.4 Å². The zero-order valence-corrected chi connectivity index (χ0v) is 15.6. The second kappa shape index (κ2) is 7.19. The number of fused-ring (bicyclic) bond motifs is 1. The molecule has 6 heteroatoms. The van der Waals surface area contributed by atoms with Crippen molar-refractivity contribution >= 4 is 32.7 Å². The molecule has 0 aliphatic carbocycles. The first-order valence-corrected chi connectivity index (χ1v) is 8.76. The van der Waals surface area contributed by atoms with Crippen LogP contribution >= 0.6 is 15.9 Å². The van der Waals surface area contributed by atoms with Crippen LogP contribution in [0, 0.1) is 6.92 Å². The maximum Gasteiger partial charge on any atom is 0.261 e. The first-order valence-electron chi connectivity index (χ1n) is 7.97. The summed E-state index contributed by atoms with van der Waals surface area (Å²) in [5.41, 5.74) is 1.42. The number of benzene rings is 2. The van der Waals surface area contributed by atoms with E-state index in [2.05, 4.69) is 26.2 Å². The molecule has 0 aliphatic heterocycles. The average molecular weight is 400 g/mol. The van der Waals surface area contributed by atoms with Crippen molar-refractivity contribution < 1.29 is 4.79 Å². The van der Waals surface area contributed by atoms with Crippen LogP contribution in [0.3, 0.4) is 0 Å². The van der Waals surface area contributed by atoms with Gasteiger partial charge in [-0.2, -0.15) is 0 Å². The number of para-hydroxylation sites is 1. The lowest BCUT2D eigenvalue weighted by atomic mass is 10.1. The molecule has 0 saturated heterocycles. The molecule has 1 aromatic heterocycles. The maximum atomic E-state index is 12.6. The van der Waals surface area contributed by atoms with E-state index in [9.17, 15) is 9.59 Å². The Kier molecular flexibility index (Phi) is 4.99. The molecule has 0 unspecified atom stereocenters. The van der Waals surface area contributed by atoms with Gasteiger partial charge in [0.05, 0.1) is 16.9 Å². The third-order valence-corrected chi connectivity index (χ3v) is 4.83. The number of aromatic nitrogens is 2. The highest BCUT2D eigenvalue weighted by Crippen LogP contribution is 2.22. The molecule has 0 saturated carbocycles. The predicted octanol–water partition coefficient (Wildman–Crippen LogP) is 3.34. The van der Waals surface area contributed by atoms with Crippen LogP contribution in [0.2, 0.25) is 0 Å². The summed E-state index contributed by atoms with van der Waals surface area (Å²) in [5.74, 6) is 0.290. The third-order valence-electron chi connectivity index (χ3n) is 4.10. The summed E-state index contributed by atoms with van der Waals surface area (Å²) < 4.78 is 2.34. The molecule has 1 atom stereocenters. The normalized spacial score (nSPS) is 12.1. The largest absolute Gasteiger partial charge is 0.348 e. The van der Waals surface area contributed by atoms with Gasteiger partial charge < -0.3 is 5.32 Å². The fourth-order valence-electron chi connectivity index (χ4n) is 2.80. The molecule has 3 rings (SSSR count). The number of halogens is 1. The van der Waals surface area contributed by atoms with E-state index in [1.54, 1.807) is 25.1 Å². The molecular weight excluding hydrogens is 382 g/mol.